The quantitative estimate of drug-likeness (QED) is 0.172. The third-order valence-electron chi connectivity index (χ3n) is 3.72. The normalized spacial score (nSPS) is 12.2. The third kappa shape index (κ3) is 12.2. The minimum Gasteiger partial charge on any atom is -0.395 e. The van der Waals surface area contributed by atoms with E-state index < -0.39 is 6.04 Å². The van der Waals surface area contributed by atoms with Crippen LogP contribution in [0.4, 0.5) is 0 Å². The molecule has 1 atom stereocenters. The van der Waals surface area contributed by atoms with Crippen LogP contribution in [0, 0.1) is 0 Å². The fraction of sp³-hybridized carbons (Fsp3) is 0.875. The minimum atomic E-state index is -0.403. The van der Waals surface area contributed by atoms with Crippen molar-refractivity contribution in [2.45, 2.75) is 31.7 Å². The molecule has 148 valence electrons. The number of carbonyl (C=O) groups excluding carboxylic acids is 2. The summed E-state index contributed by atoms with van der Waals surface area (Å²) in [6.07, 6.45) is 4.66. The molecule has 2 amide bonds. The van der Waals surface area contributed by atoms with E-state index in [2.05, 4.69) is 16.0 Å². The zero-order chi connectivity index (χ0) is 18.9. The first-order valence-corrected chi connectivity index (χ1v) is 10.1. The Morgan fingerprint density at radius 2 is 1.80 bits per heavy atom. The molecule has 0 aliphatic heterocycles. The van der Waals surface area contributed by atoms with Crippen molar-refractivity contribution in [3.8, 4) is 0 Å². The number of rotatable bonds is 16. The molecule has 0 fully saturated rings. The summed E-state index contributed by atoms with van der Waals surface area (Å²) in [6.45, 7) is 1.50. The van der Waals surface area contributed by atoms with Gasteiger partial charge in [0.1, 0.15) is 0 Å². The van der Waals surface area contributed by atoms with Crippen molar-refractivity contribution in [1.82, 2.24) is 20.9 Å². The number of hydrogen-bond donors (Lipinski definition) is 5. The van der Waals surface area contributed by atoms with Crippen molar-refractivity contribution in [2.75, 3.05) is 58.6 Å². The van der Waals surface area contributed by atoms with Crippen molar-refractivity contribution in [2.24, 2.45) is 0 Å². The van der Waals surface area contributed by atoms with E-state index in [9.17, 15) is 19.8 Å². The zero-order valence-electron chi connectivity index (χ0n) is 15.4. The molecule has 9 heteroatoms. The Kier molecular flexibility index (Phi) is 16.0. The molecule has 0 aromatic carbocycles. The van der Waals surface area contributed by atoms with Crippen LogP contribution in [0.5, 0.6) is 0 Å². The summed E-state index contributed by atoms with van der Waals surface area (Å²) in [4.78, 5) is 25.7. The molecule has 5 N–H and O–H groups in total. The number of unbranched alkanes of at least 4 members (excludes halogenated alkanes) is 1. The van der Waals surface area contributed by atoms with Crippen molar-refractivity contribution in [3.63, 3.8) is 0 Å². The molecule has 1 unspecified atom stereocenters. The Balaban J connectivity index is 4.37. The van der Waals surface area contributed by atoms with Crippen LogP contribution < -0.4 is 16.0 Å². The number of thioether (sulfide) groups is 1. The first kappa shape index (κ1) is 24.1. The molecule has 0 rings (SSSR count). The van der Waals surface area contributed by atoms with Crippen LogP contribution in [-0.4, -0.2) is 91.5 Å². The maximum atomic E-state index is 12.4. The summed E-state index contributed by atoms with van der Waals surface area (Å²) < 4.78 is 0. The number of hydrogen-bond acceptors (Lipinski definition) is 7. The summed E-state index contributed by atoms with van der Waals surface area (Å²) in [5, 5.41) is 26.9. The average molecular weight is 379 g/mol. The second-order valence-corrected chi connectivity index (χ2v) is 6.64. The molecule has 0 aromatic rings. The van der Waals surface area contributed by atoms with Crippen LogP contribution in [0.15, 0.2) is 0 Å². The van der Waals surface area contributed by atoms with Crippen LogP contribution in [0.3, 0.4) is 0 Å². The van der Waals surface area contributed by atoms with Gasteiger partial charge in [0.2, 0.25) is 11.8 Å². The summed E-state index contributed by atoms with van der Waals surface area (Å²) in [6, 6.07) is -0.403. The van der Waals surface area contributed by atoms with Gasteiger partial charge in [-0.3, -0.25) is 14.5 Å². The number of aliphatic hydroxyl groups is 2. The lowest BCUT2D eigenvalue weighted by molar-refractivity contribution is -0.127. The summed E-state index contributed by atoms with van der Waals surface area (Å²) >= 11 is 1.64. The molecule has 0 aliphatic rings. The number of nitrogens with one attached hydrogen (secondary N) is 3. The van der Waals surface area contributed by atoms with E-state index in [1.54, 1.807) is 23.7 Å². The van der Waals surface area contributed by atoms with Gasteiger partial charge in [-0.2, -0.15) is 11.8 Å². The summed E-state index contributed by atoms with van der Waals surface area (Å²) in [5.74, 6) is 0.747. The van der Waals surface area contributed by atoms with Gasteiger partial charge in [-0.15, -0.1) is 0 Å². The monoisotopic (exact) mass is 378 g/mol. The SMILES string of the molecule is CNCNC(=O)C(CCCCNC(=O)CCSC)N(CCO)CCO. The molecule has 0 heterocycles. The highest BCUT2D eigenvalue weighted by molar-refractivity contribution is 7.98. The van der Waals surface area contributed by atoms with Crippen LogP contribution in [-0.2, 0) is 9.59 Å². The first-order valence-electron chi connectivity index (χ1n) is 8.74. The standard InChI is InChI=1S/C16H34N4O4S/c1-17-13-19-16(24)14(20(8-10-21)9-11-22)5-3-4-7-18-15(23)6-12-25-2/h14,17,21-22H,3-13H2,1-2H3,(H,18,23)(H,19,24). The lowest BCUT2D eigenvalue weighted by Crippen LogP contribution is -2.50. The predicted octanol–water partition coefficient (Wildman–Crippen LogP) is -1.03. The van der Waals surface area contributed by atoms with Gasteiger partial charge in [-0.05, 0) is 32.6 Å². The van der Waals surface area contributed by atoms with E-state index in [1.165, 1.54) is 0 Å². The molecule has 0 spiro atoms. The predicted molar refractivity (Wildman–Crippen MR) is 101 cm³/mol. The van der Waals surface area contributed by atoms with E-state index >= 15 is 0 Å². The average Bonchev–Trinajstić information content (AvgIpc) is 2.60. The zero-order valence-corrected chi connectivity index (χ0v) is 16.2. The second-order valence-electron chi connectivity index (χ2n) is 5.66. The van der Waals surface area contributed by atoms with Gasteiger partial charge >= 0.3 is 0 Å². The Hall–Kier alpha value is -0.870. The largest absolute Gasteiger partial charge is 0.395 e. The van der Waals surface area contributed by atoms with E-state index in [-0.39, 0.29) is 25.0 Å². The van der Waals surface area contributed by atoms with E-state index in [4.69, 9.17) is 0 Å². The molecule has 0 aliphatic carbocycles. The van der Waals surface area contributed by atoms with Gasteiger partial charge in [0.25, 0.3) is 0 Å². The van der Waals surface area contributed by atoms with Crippen LogP contribution in [0.1, 0.15) is 25.7 Å². The lowest BCUT2D eigenvalue weighted by Gasteiger charge is -2.29. The van der Waals surface area contributed by atoms with Crippen molar-refractivity contribution < 1.29 is 19.8 Å². The van der Waals surface area contributed by atoms with E-state index in [1.807, 2.05) is 6.26 Å². The maximum Gasteiger partial charge on any atom is 0.238 e. The second kappa shape index (κ2) is 16.6. The number of aliphatic hydroxyl groups excluding tert-OH is 2. The van der Waals surface area contributed by atoms with Crippen molar-refractivity contribution in [3.05, 3.63) is 0 Å². The smallest absolute Gasteiger partial charge is 0.238 e. The van der Waals surface area contributed by atoms with Gasteiger partial charge in [0, 0.05) is 31.8 Å². The van der Waals surface area contributed by atoms with Crippen LogP contribution >= 0.6 is 11.8 Å². The van der Waals surface area contributed by atoms with Crippen LogP contribution in [0.2, 0.25) is 0 Å². The highest BCUT2D eigenvalue weighted by Gasteiger charge is 2.24. The Labute approximate surface area is 155 Å². The van der Waals surface area contributed by atoms with Crippen LogP contribution in [0.25, 0.3) is 0 Å². The van der Waals surface area contributed by atoms with Gasteiger partial charge in [-0.25, -0.2) is 0 Å². The maximum absolute atomic E-state index is 12.4. The fourth-order valence-electron chi connectivity index (χ4n) is 2.43. The van der Waals surface area contributed by atoms with E-state index in [0.29, 0.717) is 39.1 Å². The van der Waals surface area contributed by atoms with Gasteiger partial charge < -0.3 is 26.2 Å². The Morgan fingerprint density at radius 1 is 1.12 bits per heavy atom. The van der Waals surface area contributed by atoms with Crippen molar-refractivity contribution >= 4 is 23.6 Å². The highest BCUT2D eigenvalue weighted by atomic mass is 32.2. The minimum absolute atomic E-state index is 0.0554. The molecular formula is C16H34N4O4S. The molecule has 0 saturated heterocycles. The third-order valence-corrected chi connectivity index (χ3v) is 4.33. The molecule has 0 aromatic heterocycles. The molecule has 8 nitrogen and oxygen atoms in total. The molecule has 0 saturated carbocycles. The summed E-state index contributed by atoms with van der Waals surface area (Å²) in [5.41, 5.74) is 0. The molecule has 25 heavy (non-hydrogen) atoms. The van der Waals surface area contributed by atoms with Crippen molar-refractivity contribution in [1.29, 1.82) is 0 Å². The Bertz CT molecular complexity index is 355. The van der Waals surface area contributed by atoms with Gasteiger partial charge in [0.15, 0.2) is 0 Å². The summed E-state index contributed by atoms with van der Waals surface area (Å²) in [7, 11) is 1.74. The van der Waals surface area contributed by atoms with Gasteiger partial charge in [-0.1, -0.05) is 0 Å². The number of carbonyl (C=O) groups is 2. The number of nitrogens with zero attached hydrogens (tertiary/aromatic N) is 1. The Morgan fingerprint density at radius 3 is 2.36 bits per heavy atom. The lowest BCUT2D eigenvalue weighted by atomic mass is 10.1. The topological polar surface area (TPSA) is 114 Å². The van der Waals surface area contributed by atoms with Gasteiger partial charge in [0.05, 0.1) is 25.9 Å². The molecule has 0 radical (unpaired) electrons. The molecule has 0 bridgehead atoms. The number of amides is 2. The first-order chi connectivity index (χ1) is 12.1. The fourth-order valence-corrected chi connectivity index (χ4v) is 2.82. The van der Waals surface area contributed by atoms with E-state index in [0.717, 1.165) is 18.6 Å². The highest BCUT2D eigenvalue weighted by Crippen LogP contribution is 2.09. The molecular weight excluding hydrogens is 344 g/mol.